The molecule has 1 aromatic rings. The Balaban J connectivity index is 2.03. The van der Waals surface area contributed by atoms with E-state index in [0.29, 0.717) is 6.61 Å². The molecule has 0 aliphatic carbocycles. The second-order valence-corrected chi connectivity index (χ2v) is 4.46. The van der Waals surface area contributed by atoms with Crippen molar-refractivity contribution < 1.29 is 9.13 Å². The van der Waals surface area contributed by atoms with Crippen molar-refractivity contribution in [2.24, 2.45) is 0 Å². The maximum atomic E-state index is 13.0. The summed E-state index contributed by atoms with van der Waals surface area (Å²) in [5.74, 6) is 0.539. The van der Waals surface area contributed by atoms with Crippen LogP contribution >= 0.6 is 0 Å². The average Bonchev–Trinajstić information content (AvgIpc) is 2.58. The fourth-order valence-electron chi connectivity index (χ4n) is 2.67. The lowest BCUT2D eigenvalue weighted by Gasteiger charge is -2.32. The third kappa shape index (κ3) is 1.34. The predicted molar refractivity (Wildman–Crippen MR) is 55.7 cm³/mol. The number of benzene rings is 1. The summed E-state index contributed by atoms with van der Waals surface area (Å²) < 4.78 is 18.6. The SMILES string of the molecule is Fc1ccc2c(c1)OCC21CCNCC1. The Morgan fingerprint density at radius 3 is 2.87 bits per heavy atom. The van der Waals surface area contributed by atoms with Gasteiger partial charge >= 0.3 is 0 Å². The van der Waals surface area contributed by atoms with Crippen molar-refractivity contribution in [1.29, 1.82) is 0 Å². The van der Waals surface area contributed by atoms with E-state index in [4.69, 9.17) is 4.74 Å². The average molecular weight is 207 g/mol. The summed E-state index contributed by atoms with van der Waals surface area (Å²) in [5.41, 5.74) is 1.35. The highest BCUT2D eigenvalue weighted by Gasteiger charge is 2.41. The highest BCUT2D eigenvalue weighted by atomic mass is 19.1. The van der Waals surface area contributed by atoms with Gasteiger partial charge in [-0.05, 0) is 32.0 Å². The largest absolute Gasteiger partial charge is 0.492 e. The van der Waals surface area contributed by atoms with E-state index in [9.17, 15) is 4.39 Å². The van der Waals surface area contributed by atoms with Gasteiger partial charge in [0.15, 0.2) is 0 Å². The minimum atomic E-state index is -0.209. The third-order valence-corrected chi connectivity index (χ3v) is 3.58. The monoisotopic (exact) mass is 207 g/mol. The second-order valence-electron chi connectivity index (χ2n) is 4.46. The Bertz CT molecular complexity index is 385. The molecule has 1 saturated heterocycles. The van der Waals surface area contributed by atoms with Crippen molar-refractivity contribution in [2.45, 2.75) is 18.3 Å². The summed E-state index contributed by atoms with van der Waals surface area (Å²) in [7, 11) is 0. The molecule has 1 spiro atoms. The molecule has 0 unspecified atom stereocenters. The lowest BCUT2D eigenvalue weighted by Crippen LogP contribution is -2.40. The van der Waals surface area contributed by atoms with E-state index < -0.39 is 0 Å². The van der Waals surface area contributed by atoms with Crippen LogP contribution in [0.5, 0.6) is 5.75 Å². The van der Waals surface area contributed by atoms with Crippen LogP contribution in [-0.4, -0.2) is 19.7 Å². The number of ether oxygens (including phenoxy) is 1. The first-order valence-electron chi connectivity index (χ1n) is 5.44. The van der Waals surface area contributed by atoms with Crippen molar-refractivity contribution in [3.8, 4) is 5.75 Å². The van der Waals surface area contributed by atoms with Crippen LogP contribution in [0.15, 0.2) is 18.2 Å². The molecule has 0 bridgehead atoms. The number of nitrogens with one attached hydrogen (secondary N) is 1. The van der Waals surface area contributed by atoms with E-state index in [1.54, 1.807) is 0 Å². The maximum absolute atomic E-state index is 13.0. The summed E-state index contributed by atoms with van der Waals surface area (Å²) in [5, 5.41) is 3.35. The van der Waals surface area contributed by atoms with E-state index >= 15 is 0 Å². The van der Waals surface area contributed by atoms with Crippen LogP contribution in [0.3, 0.4) is 0 Å². The number of hydrogen-bond acceptors (Lipinski definition) is 2. The number of halogens is 1. The fraction of sp³-hybridized carbons (Fsp3) is 0.500. The second kappa shape index (κ2) is 3.20. The first-order valence-corrected chi connectivity index (χ1v) is 5.44. The first kappa shape index (κ1) is 9.16. The predicted octanol–water partition coefficient (Wildman–Crippen LogP) is 1.84. The molecule has 0 atom stereocenters. The molecule has 80 valence electrons. The minimum absolute atomic E-state index is 0.147. The molecule has 3 rings (SSSR count). The van der Waals surface area contributed by atoms with Crippen LogP contribution < -0.4 is 10.1 Å². The van der Waals surface area contributed by atoms with Gasteiger partial charge in [-0.3, -0.25) is 0 Å². The molecular formula is C12H14FNO. The van der Waals surface area contributed by atoms with Crippen LogP contribution in [0.4, 0.5) is 4.39 Å². The van der Waals surface area contributed by atoms with Gasteiger partial charge in [0, 0.05) is 17.0 Å². The van der Waals surface area contributed by atoms with Gasteiger partial charge in [-0.15, -0.1) is 0 Å². The Labute approximate surface area is 88.4 Å². The first-order chi connectivity index (χ1) is 7.30. The Morgan fingerprint density at radius 2 is 2.07 bits per heavy atom. The summed E-state index contributed by atoms with van der Waals surface area (Å²) in [6.45, 7) is 2.77. The topological polar surface area (TPSA) is 21.3 Å². The van der Waals surface area contributed by atoms with Gasteiger partial charge < -0.3 is 10.1 Å². The summed E-state index contributed by atoms with van der Waals surface area (Å²) in [6.07, 6.45) is 2.18. The maximum Gasteiger partial charge on any atom is 0.126 e. The van der Waals surface area contributed by atoms with E-state index in [2.05, 4.69) is 5.32 Å². The highest BCUT2D eigenvalue weighted by molar-refractivity contribution is 5.44. The minimum Gasteiger partial charge on any atom is -0.492 e. The highest BCUT2D eigenvalue weighted by Crippen LogP contribution is 2.44. The van der Waals surface area contributed by atoms with Crippen LogP contribution in [0.25, 0.3) is 0 Å². The molecule has 0 radical (unpaired) electrons. The van der Waals surface area contributed by atoms with Gasteiger partial charge in [0.05, 0.1) is 6.61 Å². The number of rotatable bonds is 0. The van der Waals surface area contributed by atoms with E-state index in [-0.39, 0.29) is 11.2 Å². The standard InChI is InChI=1S/C12H14FNO/c13-9-1-2-10-11(7-9)15-8-12(10)3-5-14-6-4-12/h1-2,7,14H,3-6,8H2. The summed E-state index contributed by atoms with van der Waals surface area (Å²) in [6, 6.07) is 4.94. The van der Waals surface area contributed by atoms with E-state index in [1.165, 1.54) is 17.7 Å². The van der Waals surface area contributed by atoms with Gasteiger partial charge in [0.2, 0.25) is 0 Å². The Morgan fingerprint density at radius 1 is 1.27 bits per heavy atom. The normalized spacial score (nSPS) is 22.5. The van der Waals surface area contributed by atoms with Crippen molar-refractivity contribution in [1.82, 2.24) is 5.32 Å². The molecule has 1 fully saturated rings. The number of fused-ring (bicyclic) bond motifs is 2. The number of piperidine rings is 1. The molecule has 2 heterocycles. The molecule has 0 aromatic heterocycles. The Kier molecular flexibility index (Phi) is 1.96. The van der Waals surface area contributed by atoms with Gasteiger partial charge in [-0.1, -0.05) is 6.07 Å². The van der Waals surface area contributed by atoms with Gasteiger partial charge in [0.1, 0.15) is 11.6 Å². The van der Waals surface area contributed by atoms with Gasteiger partial charge in [0.25, 0.3) is 0 Å². The molecule has 1 aromatic carbocycles. The summed E-state index contributed by atoms with van der Waals surface area (Å²) >= 11 is 0. The zero-order chi connectivity index (χ0) is 10.3. The van der Waals surface area contributed by atoms with Crippen molar-refractivity contribution in [2.75, 3.05) is 19.7 Å². The zero-order valence-electron chi connectivity index (χ0n) is 8.55. The molecule has 15 heavy (non-hydrogen) atoms. The van der Waals surface area contributed by atoms with E-state index in [0.717, 1.165) is 31.7 Å². The molecule has 2 aliphatic heterocycles. The molecule has 0 saturated carbocycles. The van der Waals surface area contributed by atoms with Gasteiger partial charge in [-0.25, -0.2) is 4.39 Å². The Hall–Kier alpha value is -1.09. The van der Waals surface area contributed by atoms with Crippen LogP contribution in [-0.2, 0) is 5.41 Å². The van der Waals surface area contributed by atoms with Crippen molar-refractivity contribution in [3.05, 3.63) is 29.6 Å². The zero-order valence-corrected chi connectivity index (χ0v) is 8.55. The molecular weight excluding hydrogens is 193 g/mol. The third-order valence-electron chi connectivity index (χ3n) is 3.58. The fourth-order valence-corrected chi connectivity index (χ4v) is 2.67. The smallest absolute Gasteiger partial charge is 0.126 e. The molecule has 2 nitrogen and oxygen atoms in total. The molecule has 0 amide bonds. The summed E-state index contributed by atoms with van der Waals surface area (Å²) in [4.78, 5) is 0. The van der Waals surface area contributed by atoms with Crippen molar-refractivity contribution in [3.63, 3.8) is 0 Å². The van der Waals surface area contributed by atoms with Crippen LogP contribution in [0.1, 0.15) is 18.4 Å². The van der Waals surface area contributed by atoms with Crippen LogP contribution in [0.2, 0.25) is 0 Å². The quantitative estimate of drug-likeness (QED) is 0.701. The lowest BCUT2D eigenvalue weighted by molar-refractivity contribution is 0.220. The van der Waals surface area contributed by atoms with Crippen LogP contribution in [0, 0.1) is 5.82 Å². The lowest BCUT2D eigenvalue weighted by atomic mass is 9.75. The molecule has 3 heteroatoms. The number of hydrogen-bond donors (Lipinski definition) is 1. The molecule has 1 N–H and O–H groups in total. The van der Waals surface area contributed by atoms with E-state index in [1.807, 2.05) is 6.07 Å². The van der Waals surface area contributed by atoms with Crippen molar-refractivity contribution >= 4 is 0 Å². The molecule has 2 aliphatic rings. The van der Waals surface area contributed by atoms with Gasteiger partial charge in [-0.2, -0.15) is 0 Å².